The number of carbonyl (C=O) groups is 1. The third-order valence-corrected chi connectivity index (χ3v) is 4.42. The minimum atomic E-state index is -0.776. The lowest BCUT2D eigenvalue weighted by Gasteiger charge is -2.15. The molecule has 0 bridgehead atoms. The molecule has 27 heavy (non-hydrogen) atoms. The maximum atomic E-state index is 13.9. The van der Waals surface area contributed by atoms with Crippen molar-refractivity contribution in [1.29, 1.82) is 0 Å². The molecule has 0 aliphatic carbocycles. The monoisotopic (exact) mass is 390 g/mol. The molecule has 2 aromatic carbocycles. The molecule has 1 unspecified atom stereocenters. The van der Waals surface area contributed by atoms with E-state index in [0.29, 0.717) is 5.02 Å². The molecule has 1 amide bonds. The molecule has 2 aliphatic heterocycles. The van der Waals surface area contributed by atoms with Crippen molar-refractivity contribution in [2.45, 2.75) is 6.17 Å². The lowest BCUT2D eigenvalue weighted by atomic mass is 10.2. The quantitative estimate of drug-likeness (QED) is 0.753. The Balaban J connectivity index is 1.54. The summed E-state index contributed by atoms with van der Waals surface area (Å²) < 4.78 is 38.6. The third kappa shape index (κ3) is 3.38. The fourth-order valence-corrected chi connectivity index (χ4v) is 2.92. The van der Waals surface area contributed by atoms with Crippen molar-refractivity contribution in [3.63, 3.8) is 0 Å². The van der Waals surface area contributed by atoms with E-state index in [4.69, 9.17) is 21.1 Å². The number of amides is 1. The summed E-state index contributed by atoms with van der Waals surface area (Å²) >= 11 is 5.84. The fourth-order valence-electron chi connectivity index (χ4n) is 2.80. The van der Waals surface area contributed by atoms with Crippen LogP contribution in [0.2, 0.25) is 5.02 Å². The molecule has 0 aromatic heterocycles. The zero-order valence-electron chi connectivity index (χ0n) is 13.9. The number of rotatable bonds is 3. The number of hydrogen-bond acceptors (Lipinski definition) is 4. The number of hydrogen-bond donors (Lipinski definition) is 0. The summed E-state index contributed by atoms with van der Waals surface area (Å²) in [7, 11) is 0. The molecule has 138 valence electrons. The van der Waals surface area contributed by atoms with Crippen LogP contribution in [-0.2, 0) is 14.3 Å². The minimum absolute atomic E-state index is 0.00751. The van der Waals surface area contributed by atoms with Gasteiger partial charge in [0.15, 0.2) is 18.7 Å². The molecule has 1 saturated heterocycles. The maximum Gasteiger partial charge on any atom is 0.293 e. The number of ether oxygens (including phenoxy) is 2. The molecule has 1 atom stereocenters. The van der Waals surface area contributed by atoms with E-state index < -0.39 is 17.8 Å². The van der Waals surface area contributed by atoms with Crippen LogP contribution in [0.5, 0.6) is 0 Å². The standard InChI is InChI=1S/C19H13ClF2N2O3/c20-12-6-4-11(5-7-12)8-15-19(25)24(10-27-15)16-9-26-18(23-16)17-13(21)2-1-3-14(17)22/h1-8,16H,9-10H2/b15-8-. The van der Waals surface area contributed by atoms with Crippen LogP contribution >= 0.6 is 11.6 Å². The number of benzene rings is 2. The van der Waals surface area contributed by atoms with E-state index in [1.165, 1.54) is 11.0 Å². The van der Waals surface area contributed by atoms with Crippen LogP contribution in [0.3, 0.4) is 0 Å². The van der Waals surface area contributed by atoms with Crippen molar-refractivity contribution in [1.82, 2.24) is 4.90 Å². The highest BCUT2D eigenvalue weighted by molar-refractivity contribution is 6.30. The molecule has 2 aliphatic rings. The van der Waals surface area contributed by atoms with Gasteiger partial charge in [0.05, 0.1) is 0 Å². The van der Waals surface area contributed by atoms with Gasteiger partial charge in [-0.2, -0.15) is 0 Å². The van der Waals surface area contributed by atoms with E-state index in [9.17, 15) is 13.6 Å². The van der Waals surface area contributed by atoms with Crippen LogP contribution in [0.25, 0.3) is 6.08 Å². The highest BCUT2D eigenvalue weighted by atomic mass is 35.5. The zero-order chi connectivity index (χ0) is 19.0. The van der Waals surface area contributed by atoms with Gasteiger partial charge in [0.25, 0.3) is 5.91 Å². The molecule has 1 fully saturated rings. The molecule has 5 nitrogen and oxygen atoms in total. The van der Waals surface area contributed by atoms with Crippen molar-refractivity contribution in [3.8, 4) is 0 Å². The summed E-state index contributed by atoms with van der Waals surface area (Å²) in [6.45, 7) is -0.0325. The van der Waals surface area contributed by atoms with Crippen molar-refractivity contribution < 1.29 is 23.0 Å². The highest BCUT2D eigenvalue weighted by Crippen LogP contribution is 2.25. The first-order valence-electron chi connectivity index (χ1n) is 8.09. The Morgan fingerprint density at radius 1 is 1.11 bits per heavy atom. The normalized spacial score (nSPS) is 20.6. The largest absolute Gasteiger partial charge is 0.473 e. The summed E-state index contributed by atoms with van der Waals surface area (Å²) in [6, 6.07) is 10.4. The average molecular weight is 391 g/mol. The first-order chi connectivity index (χ1) is 13.0. The van der Waals surface area contributed by atoms with E-state index in [1.54, 1.807) is 30.3 Å². The van der Waals surface area contributed by atoms with E-state index >= 15 is 0 Å². The molecule has 2 aromatic rings. The maximum absolute atomic E-state index is 13.9. The topological polar surface area (TPSA) is 51.1 Å². The molecular weight excluding hydrogens is 378 g/mol. The number of carbonyl (C=O) groups excluding carboxylic acids is 1. The van der Waals surface area contributed by atoms with Crippen molar-refractivity contribution in [2.75, 3.05) is 13.3 Å². The molecule has 8 heteroatoms. The Bertz CT molecular complexity index is 940. The van der Waals surface area contributed by atoms with Gasteiger partial charge in [-0.3, -0.25) is 9.69 Å². The predicted octanol–water partition coefficient (Wildman–Crippen LogP) is 3.58. The van der Waals surface area contributed by atoms with E-state index in [0.717, 1.165) is 17.7 Å². The summed E-state index contributed by atoms with van der Waals surface area (Å²) in [5.74, 6) is -1.95. The number of aliphatic imine (C=N–C) groups is 1. The van der Waals surface area contributed by atoms with Gasteiger partial charge in [-0.1, -0.05) is 29.8 Å². The van der Waals surface area contributed by atoms with Crippen molar-refractivity contribution in [3.05, 3.63) is 76.0 Å². The van der Waals surface area contributed by atoms with Crippen LogP contribution in [0.15, 0.2) is 53.2 Å². The number of nitrogens with zero attached hydrogens (tertiary/aromatic N) is 2. The van der Waals surface area contributed by atoms with Gasteiger partial charge in [0.2, 0.25) is 5.90 Å². The van der Waals surface area contributed by atoms with Crippen molar-refractivity contribution >= 4 is 29.5 Å². The molecule has 4 rings (SSSR count). The first-order valence-corrected chi connectivity index (χ1v) is 8.47. The van der Waals surface area contributed by atoms with Crippen LogP contribution in [-0.4, -0.2) is 36.2 Å². The summed E-state index contributed by atoms with van der Waals surface area (Å²) in [6.07, 6.45) is 0.873. The second-order valence-corrected chi connectivity index (χ2v) is 6.37. The van der Waals surface area contributed by atoms with Crippen LogP contribution in [0.1, 0.15) is 11.1 Å². The highest BCUT2D eigenvalue weighted by Gasteiger charge is 2.37. The van der Waals surface area contributed by atoms with Gasteiger partial charge in [0.1, 0.15) is 23.8 Å². The predicted molar refractivity (Wildman–Crippen MR) is 94.9 cm³/mol. The van der Waals surface area contributed by atoms with E-state index in [2.05, 4.69) is 4.99 Å². The lowest BCUT2D eigenvalue weighted by molar-refractivity contribution is -0.126. The molecule has 0 saturated carbocycles. The van der Waals surface area contributed by atoms with Crippen LogP contribution in [0, 0.1) is 11.6 Å². The Hall–Kier alpha value is -2.93. The zero-order valence-corrected chi connectivity index (χ0v) is 14.6. The van der Waals surface area contributed by atoms with Gasteiger partial charge in [-0.25, -0.2) is 13.8 Å². The minimum Gasteiger partial charge on any atom is -0.473 e. The fraction of sp³-hybridized carbons (Fsp3) is 0.158. The van der Waals surface area contributed by atoms with Gasteiger partial charge in [0, 0.05) is 5.02 Å². The van der Waals surface area contributed by atoms with Crippen LogP contribution < -0.4 is 0 Å². The Labute approximate surface area is 158 Å². The Morgan fingerprint density at radius 2 is 1.81 bits per heavy atom. The third-order valence-electron chi connectivity index (χ3n) is 4.17. The SMILES string of the molecule is O=C1/C(=C/c2ccc(Cl)cc2)OCN1C1COC(c2c(F)cccc2F)=N1. The first kappa shape index (κ1) is 17.5. The van der Waals surface area contributed by atoms with Gasteiger partial charge in [-0.05, 0) is 35.9 Å². The van der Waals surface area contributed by atoms with E-state index in [1.807, 2.05) is 0 Å². The lowest BCUT2D eigenvalue weighted by Crippen LogP contribution is -2.36. The van der Waals surface area contributed by atoms with E-state index in [-0.39, 0.29) is 36.5 Å². The Morgan fingerprint density at radius 3 is 2.52 bits per heavy atom. The molecule has 2 heterocycles. The van der Waals surface area contributed by atoms with Crippen LogP contribution in [0.4, 0.5) is 8.78 Å². The summed E-state index contributed by atoms with van der Waals surface area (Å²) in [4.78, 5) is 18.1. The van der Waals surface area contributed by atoms with Gasteiger partial charge < -0.3 is 9.47 Å². The number of halogens is 3. The summed E-state index contributed by atoms with van der Waals surface area (Å²) in [5.41, 5.74) is 0.411. The molecular formula is C19H13ClF2N2O3. The molecule has 0 N–H and O–H groups in total. The Kier molecular flexibility index (Phi) is 4.53. The summed E-state index contributed by atoms with van der Waals surface area (Å²) in [5, 5.41) is 0.586. The van der Waals surface area contributed by atoms with Crippen molar-refractivity contribution in [2.24, 2.45) is 4.99 Å². The van der Waals surface area contributed by atoms with Gasteiger partial charge in [-0.15, -0.1) is 0 Å². The second-order valence-electron chi connectivity index (χ2n) is 5.93. The second kappa shape index (κ2) is 7.00. The average Bonchev–Trinajstić information content (AvgIpc) is 3.24. The van der Waals surface area contributed by atoms with Gasteiger partial charge >= 0.3 is 0 Å². The molecule has 0 radical (unpaired) electrons. The smallest absolute Gasteiger partial charge is 0.293 e. The molecule has 0 spiro atoms.